The Bertz CT molecular complexity index is 1380. The summed E-state index contributed by atoms with van der Waals surface area (Å²) >= 11 is 6.13. The van der Waals surface area contributed by atoms with Gasteiger partial charge in [0.05, 0.1) is 24.6 Å². The molecule has 1 aliphatic carbocycles. The first-order chi connectivity index (χ1) is 17.5. The number of sulfonamides is 1. The summed E-state index contributed by atoms with van der Waals surface area (Å²) in [6.07, 6.45) is -4.55. The summed E-state index contributed by atoms with van der Waals surface area (Å²) < 4.78 is 79.8. The van der Waals surface area contributed by atoms with Gasteiger partial charge in [0.15, 0.2) is 5.15 Å². The zero-order valence-electron chi connectivity index (χ0n) is 20.5. The van der Waals surface area contributed by atoms with Crippen LogP contribution in [0.4, 0.5) is 18.9 Å². The van der Waals surface area contributed by atoms with Crippen molar-refractivity contribution in [3.05, 3.63) is 35.1 Å². The van der Waals surface area contributed by atoms with E-state index in [4.69, 9.17) is 16.3 Å². The second kappa shape index (κ2) is 9.63. The Balaban J connectivity index is 1.68. The van der Waals surface area contributed by atoms with E-state index in [0.29, 0.717) is 13.0 Å². The Kier molecular flexibility index (Phi) is 7.10. The van der Waals surface area contributed by atoms with Crippen molar-refractivity contribution >= 4 is 39.3 Å². The highest BCUT2D eigenvalue weighted by atomic mass is 35.5. The molecule has 2 aromatic rings. The number of aromatic nitrogens is 2. The zero-order chi connectivity index (χ0) is 28.2. The molecule has 0 radical (unpaired) electrons. The first-order valence-electron chi connectivity index (χ1n) is 11.6. The van der Waals surface area contributed by atoms with E-state index in [2.05, 4.69) is 9.84 Å². The van der Waals surface area contributed by atoms with Gasteiger partial charge in [-0.15, -0.1) is 0 Å². The molecule has 2 aliphatic rings. The highest BCUT2D eigenvalue weighted by Gasteiger charge is 2.53. The summed E-state index contributed by atoms with van der Waals surface area (Å²) in [5.74, 6) is -3.17. The van der Waals surface area contributed by atoms with Crippen LogP contribution < -0.4 is 9.04 Å². The molecule has 1 fully saturated rings. The molecule has 1 N–H and O–H groups in total. The van der Waals surface area contributed by atoms with Crippen LogP contribution in [-0.4, -0.2) is 59.7 Å². The summed E-state index contributed by atoms with van der Waals surface area (Å²) in [6, 6.07) is 4.10. The predicted molar refractivity (Wildman–Crippen MR) is 127 cm³/mol. The van der Waals surface area contributed by atoms with Crippen LogP contribution in [0.1, 0.15) is 32.8 Å². The van der Waals surface area contributed by atoms with E-state index in [-0.39, 0.29) is 33.6 Å². The molecule has 1 saturated carbocycles. The highest BCUT2D eigenvalue weighted by molar-refractivity contribution is 7.93. The minimum atomic E-state index is -4.79. The van der Waals surface area contributed by atoms with Gasteiger partial charge in [0.25, 0.3) is 10.0 Å². The maximum atomic E-state index is 13.7. The van der Waals surface area contributed by atoms with Gasteiger partial charge in [-0.25, -0.2) is 8.42 Å². The summed E-state index contributed by atoms with van der Waals surface area (Å²) in [4.78, 5) is 23.4. The highest BCUT2D eigenvalue weighted by Crippen LogP contribution is 2.48. The Labute approximate surface area is 221 Å². The number of carboxylic acid groups (broad SMARTS) is 1. The van der Waals surface area contributed by atoms with Crippen LogP contribution in [0, 0.1) is 11.8 Å². The minimum absolute atomic E-state index is 0.0227. The monoisotopic (exact) mass is 579 g/mol. The quantitative estimate of drug-likeness (QED) is 0.469. The van der Waals surface area contributed by atoms with Crippen LogP contribution >= 0.6 is 11.6 Å². The third kappa shape index (κ3) is 5.28. The molecular formula is C23H25ClF3N3O7S. The topological polar surface area (TPSA) is 128 Å². The zero-order valence-corrected chi connectivity index (χ0v) is 22.1. The second-order valence-electron chi connectivity index (χ2n) is 9.64. The molecule has 0 spiro atoms. The van der Waals surface area contributed by atoms with Gasteiger partial charge >= 0.3 is 18.1 Å². The summed E-state index contributed by atoms with van der Waals surface area (Å²) in [5.41, 5.74) is -2.51. The predicted octanol–water partition coefficient (Wildman–Crippen LogP) is 3.66. The fourth-order valence-corrected chi connectivity index (χ4v) is 6.10. The van der Waals surface area contributed by atoms with Gasteiger partial charge in [-0.2, -0.15) is 18.3 Å². The molecule has 0 bridgehead atoms. The van der Waals surface area contributed by atoms with Crippen LogP contribution in [0.3, 0.4) is 0 Å². The molecule has 1 aliphatic heterocycles. The van der Waals surface area contributed by atoms with Crippen LogP contribution in [0.5, 0.6) is 5.75 Å². The smallest absolute Gasteiger partial charge is 0.427 e. The second-order valence-corrected chi connectivity index (χ2v) is 11.8. The van der Waals surface area contributed by atoms with Gasteiger partial charge in [0, 0.05) is 18.7 Å². The number of anilines is 1. The lowest BCUT2D eigenvalue weighted by molar-refractivity contribution is -0.257. The molecule has 0 unspecified atom stereocenters. The molecule has 0 amide bonds. The number of rotatable bonds is 8. The number of alkyl halides is 3. The number of esters is 1. The van der Waals surface area contributed by atoms with Crippen molar-refractivity contribution in [2.24, 2.45) is 11.8 Å². The van der Waals surface area contributed by atoms with Gasteiger partial charge in [-0.3, -0.25) is 18.6 Å². The molecule has 1 aromatic carbocycles. The maximum Gasteiger partial charge on any atom is 0.427 e. The van der Waals surface area contributed by atoms with E-state index in [9.17, 15) is 36.3 Å². The first-order valence-corrected chi connectivity index (χ1v) is 13.4. The number of benzene rings is 1. The van der Waals surface area contributed by atoms with Crippen LogP contribution in [0.2, 0.25) is 5.15 Å². The number of hydrogen-bond acceptors (Lipinski definition) is 7. The third-order valence-corrected chi connectivity index (χ3v) is 8.70. The Morgan fingerprint density at radius 1 is 1.29 bits per heavy atom. The Morgan fingerprint density at radius 3 is 2.53 bits per heavy atom. The summed E-state index contributed by atoms with van der Waals surface area (Å²) in [6.45, 7) is 3.29. The number of hydrogen-bond donors (Lipinski definition) is 1. The van der Waals surface area contributed by atoms with E-state index in [1.165, 1.54) is 29.1 Å². The number of fused-ring (bicyclic) bond motifs is 1. The molecule has 208 valence electrons. The van der Waals surface area contributed by atoms with Crippen molar-refractivity contribution in [1.29, 1.82) is 0 Å². The molecular weight excluding hydrogens is 555 g/mol. The fourth-order valence-electron chi connectivity index (χ4n) is 4.17. The maximum absolute atomic E-state index is 13.7. The molecule has 15 heteroatoms. The van der Waals surface area contributed by atoms with Crippen molar-refractivity contribution in [2.75, 3.05) is 10.8 Å². The average Bonchev–Trinajstić information content (AvgIpc) is 3.52. The van der Waals surface area contributed by atoms with E-state index >= 15 is 0 Å². The first kappa shape index (κ1) is 28.0. The van der Waals surface area contributed by atoms with E-state index < -0.39 is 58.1 Å². The lowest BCUT2D eigenvalue weighted by atomic mass is 10.1. The fraction of sp³-hybridized carbons (Fsp3) is 0.522. The molecule has 0 saturated heterocycles. The number of nitrogens with zero attached hydrogens (tertiary/aromatic N) is 3. The number of carboxylic acids is 1. The average molecular weight is 580 g/mol. The molecule has 3 atom stereocenters. The van der Waals surface area contributed by atoms with Crippen LogP contribution in [0.25, 0.3) is 0 Å². The molecule has 1 aromatic heterocycles. The normalized spacial score (nSPS) is 21.4. The van der Waals surface area contributed by atoms with E-state index in [1.807, 2.05) is 0 Å². The molecule has 10 nitrogen and oxygen atoms in total. The molecule has 4 rings (SSSR count). The summed E-state index contributed by atoms with van der Waals surface area (Å²) in [7, 11) is -4.34. The van der Waals surface area contributed by atoms with Crippen LogP contribution in [-0.2, 0) is 37.3 Å². The number of ether oxygens (including phenoxy) is 2. The van der Waals surface area contributed by atoms with Gasteiger partial charge in [0.2, 0.25) is 5.60 Å². The third-order valence-electron chi connectivity index (χ3n) is 6.53. The largest absolute Gasteiger partial charge is 0.486 e. The summed E-state index contributed by atoms with van der Waals surface area (Å²) in [5, 5.41) is 13.1. The lowest BCUT2D eigenvalue weighted by Crippen LogP contribution is -2.45. The Morgan fingerprint density at radius 2 is 1.97 bits per heavy atom. The van der Waals surface area contributed by atoms with Crippen molar-refractivity contribution in [2.45, 2.75) is 62.9 Å². The number of carbonyl (C=O) groups excluding carboxylic acids is 1. The minimum Gasteiger partial charge on any atom is -0.486 e. The molecule has 38 heavy (non-hydrogen) atoms. The van der Waals surface area contributed by atoms with Gasteiger partial charge in [-0.1, -0.05) is 17.7 Å². The van der Waals surface area contributed by atoms with Crippen LogP contribution in [0.15, 0.2) is 29.3 Å². The van der Waals surface area contributed by atoms with Crippen molar-refractivity contribution in [3.8, 4) is 5.75 Å². The molecule has 2 heterocycles. The van der Waals surface area contributed by atoms with Gasteiger partial charge < -0.3 is 14.6 Å². The van der Waals surface area contributed by atoms with Crippen molar-refractivity contribution in [3.63, 3.8) is 0 Å². The van der Waals surface area contributed by atoms with E-state index in [1.54, 1.807) is 6.92 Å². The van der Waals surface area contributed by atoms with Gasteiger partial charge in [0.1, 0.15) is 16.7 Å². The number of aliphatic carboxylic acids is 1. The lowest BCUT2D eigenvalue weighted by Gasteiger charge is -2.36. The number of carbonyl (C=O) groups is 2. The number of aryl methyl sites for hydroxylation is 1. The van der Waals surface area contributed by atoms with E-state index in [0.717, 1.165) is 18.2 Å². The standard InChI is InChI=1S/C23H25ClF3N3O7S/c1-4-29-11-18(20(24)28-29)38(34,35)30-10-17(13-9-14(13)21(32)33)36-16-6-5-12(7-15(16)30)8-19(31)37-22(2,3)23(25,26)27/h5-7,11,13-14,17H,4,8-10H2,1-3H3,(H,32,33)/t13-,14+,17+/m0/s1. The number of halogens is 4. The van der Waals surface area contributed by atoms with Crippen molar-refractivity contribution in [1.82, 2.24) is 9.78 Å². The SMILES string of the molecule is CCn1cc(S(=O)(=O)N2C[C@H]([C@H]3C[C@H]3C(=O)O)Oc3ccc(CC(=O)OC(C)(C)C(F)(F)F)cc32)c(Cl)n1. The Hall–Kier alpha value is -3.00. The van der Waals surface area contributed by atoms with Crippen molar-refractivity contribution < 1.29 is 45.8 Å². The van der Waals surface area contributed by atoms with Gasteiger partial charge in [-0.05, 0) is 44.9 Å².